The summed E-state index contributed by atoms with van der Waals surface area (Å²) < 4.78 is 17.6. The van der Waals surface area contributed by atoms with Crippen LogP contribution in [0.3, 0.4) is 0 Å². The second-order valence-corrected chi connectivity index (χ2v) is 15.0. The van der Waals surface area contributed by atoms with Crippen molar-refractivity contribution in [2.45, 2.75) is 173 Å². The van der Waals surface area contributed by atoms with E-state index >= 15 is 0 Å². The predicted molar refractivity (Wildman–Crippen MR) is 213 cm³/mol. The maximum Gasteiger partial charge on any atom is 0.306 e. The number of hydrogen-bond donors (Lipinski definition) is 0. The fraction of sp³-hybridized carbons (Fsp3) is 0.773. The van der Waals surface area contributed by atoms with Crippen LogP contribution in [0.2, 0.25) is 0 Å². The highest BCUT2D eigenvalue weighted by Crippen LogP contribution is 2.23. The van der Waals surface area contributed by atoms with Crippen molar-refractivity contribution in [3.8, 4) is 0 Å². The zero-order chi connectivity index (χ0) is 37.0. The summed E-state index contributed by atoms with van der Waals surface area (Å²) in [5, 5.41) is 0. The van der Waals surface area contributed by atoms with Crippen LogP contribution < -0.4 is 0 Å². The number of likely N-dealkylation sites (N-methyl/N-ethyl adjacent to an activating group) is 1. The number of nitrogens with zero attached hydrogens (tertiary/aromatic N) is 1. The van der Waals surface area contributed by atoms with Crippen LogP contribution in [0.1, 0.15) is 168 Å². The van der Waals surface area contributed by atoms with Gasteiger partial charge in [-0.3, -0.25) is 9.59 Å². The smallest absolute Gasteiger partial charge is 0.306 e. The Bertz CT molecular complexity index is 852. The topological polar surface area (TPSA) is 61.8 Å². The molecule has 6 heteroatoms. The van der Waals surface area contributed by atoms with Gasteiger partial charge in [0.15, 0.2) is 18.8 Å². The van der Waals surface area contributed by atoms with Gasteiger partial charge in [-0.05, 0) is 77.0 Å². The Morgan fingerprint density at radius 2 is 0.820 bits per heavy atom. The molecular weight excluding hydrogens is 622 g/mol. The molecule has 0 saturated carbocycles. The first-order chi connectivity index (χ1) is 24.2. The minimum Gasteiger partial charge on any atom is -0.459 e. The van der Waals surface area contributed by atoms with Gasteiger partial charge in [-0.25, -0.2) is 0 Å². The third kappa shape index (κ3) is 28.5. The van der Waals surface area contributed by atoms with Crippen LogP contribution in [0.5, 0.6) is 0 Å². The molecule has 0 amide bonds. The van der Waals surface area contributed by atoms with Crippen molar-refractivity contribution >= 4 is 11.9 Å². The van der Waals surface area contributed by atoms with E-state index < -0.39 is 5.54 Å². The molecule has 0 atom stereocenters. The molecule has 0 aromatic heterocycles. The largest absolute Gasteiger partial charge is 0.459 e. The maximum absolute atomic E-state index is 12.7. The van der Waals surface area contributed by atoms with Crippen molar-refractivity contribution in [2.24, 2.45) is 0 Å². The van der Waals surface area contributed by atoms with Gasteiger partial charge in [-0.15, -0.1) is 0 Å². The van der Waals surface area contributed by atoms with Gasteiger partial charge in [-0.2, -0.15) is 0 Å². The van der Waals surface area contributed by atoms with Crippen LogP contribution in [0.4, 0.5) is 0 Å². The summed E-state index contributed by atoms with van der Waals surface area (Å²) in [6, 6.07) is 0. The van der Waals surface area contributed by atoms with E-state index in [0.29, 0.717) is 23.9 Å². The van der Waals surface area contributed by atoms with Gasteiger partial charge < -0.3 is 18.7 Å². The lowest BCUT2D eigenvalue weighted by molar-refractivity contribution is -0.925. The lowest BCUT2D eigenvalue weighted by atomic mass is 9.99. The van der Waals surface area contributed by atoms with Crippen molar-refractivity contribution in [1.82, 2.24) is 0 Å². The van der Waals surface area contributed by atoms with Gasteiger partial charge in [0.2, 0.25) is 0 Å². The van der Waals surface area contributed by atoms with Crippen LogP contribution >= 0.6 is 0 Å². The number of ether oxygens (including phenoxy) is 3. The molecule has 0 aliphatic heterocycles. The Labute approximate surface area is 309 Å². The van der Waals surface area contributed by atoms with Crippen LogP contribution in [0.15, 0.2) is 48.6 Å². The van der Waals surface area contributed by atoms with Crippen molar-refractivity contribution in [2.75, 3.05) is 48.1 Å². The molecule has 50 heavy (non-hydrogen) atoms. The molecule has 0 unspecified atom stereocenters. The number of methoxy groups -OCH3 is 1. The molecule has 0 saturated heterocycles. The van der Waals surface area contributed by atoms with Gasteiger partial charge in [0.25, 0.3) is 0 Å². The summed E-state index contributed by atoms with van der Waals surface area (Å²) in [5.41, 5.74) is -0.670. The summed E-state index contributed by atoms with van der Waals surface area (Å²) in [6.07, 6.45) is 44.4. The van der Waals surface area contributed by atoms with Gasteiger partial charge in [0, 0.05) is 20.0 Å². The van der Waals surface area contributed by atoms with E-state index in [1.165, 1.54) is 77.0 Å². The van der Waals surface area contributed by atoms with Crippen LogP contribution in [0, 0.1) is 0 Å². The lowest BCUT2D eigenvalue weighted by Gasteiger charge is -2.44. The number of quaternary nitrogens is 1. The molecule has 290 valence electrons. The summed E-state index contributed by atoms with van der Waals surface area (Å²) in [5.74, 6) is -0.387. The molecule has 0 aliphatic rings. The number of allylic oxidation sites excluding steroid dienone is 8. The lowest BCUT2D eigenvalue weighted by Crippen LogP contribution is -2.65. The first-order valence-corrected chi connectivity index (χ1v) is 20.4. The molecular formula is C44H80NO5+. The average Bonchev–Trinajstić information content (AvgIpc) is 3.09. The second kappa shape index (κ2) is 33.9. The summed E-state index contributed by atoms with van der Waals surface area (Å²) in [4.78, 5) is 25.3. The van der Waals surface area contributed by atoms with E-state index in [2.05, 4.69) is 62.5 Å². The monoisotopic (exact) mass is 703 g/mol. The highest BCUT2D eigenvalue weighted by Gasteiger charge is 2.46. The quantitative estimate of drug-likeness (QED) is 0.0285. The molecule has 0 spiro atoms. The van der Waals surface area contributed by atoms with Crippen LogP contribution in [-0.2, 0) is 23.8 Å². The van der Waals surface area contributed by atoms with E-state index in [9.17, 15) is 9.59 Å². The molecule has 0 rings (SSSR count). The van der Waals surface area contributed by atoms with E-state index in [1.807, 2.05) is 21.1 Å². The SMILES string of the molecule is CCCCC/C=C\C/C=C\CCCCCCCC(=O)OCC(COC)(COC(=O)CCCCCCC/C=C\C/C=C\CCCCC)[N+](C)(C)C. The molecule has 0 bridgehead atoms. The highest BCUT2D eigenvalue weighted by atomic mass is 16.6. The molecule has 0 heterocycles. The molecule has 6 nitrogen and oxygen atoms in total. The molecule has 0 aromatic rings. The zero-order valence-corrected chi connectivity index (χ0v) is 33.7. The van der Waals surface area contributed by atoms with Crippen molar-refractivity contribution in [1.29, 1.82) is 0 Å². The molecule has 0 N–H and O–H groups in total. The number of carbonyl (C=O) groups excluding carboxylic acids is 2. The second-order valence-electron chi connectivity index (χ2n) is 15.0. The van der Waals surface area contributed by atoms with E-state index in [4.69, 9.17) is 14.2 Å². The Morgan fingerprint density at radius 1 is 0.480 bits per heavy atom. The minimum absolute atomic E-state index is 0.153. The fourth-order valence-electron chi connectivity index (χ4n) is 5.71. The van der Waals surface area contributed by atoms with Gasteiger partial charge in [-0.1, -0.05) is 127 Å². The number of rotatable bonds is 35. The van der Waals surface area contributed by atoms with Crippen molar-refractivity contribution in [3.63, 3.8) is 0 Å². The first-order valence-electron chi connectivity index (χ1n) is 20.4. The summed E-state index contributed by atoms with van der Waals surface area (Å²) in [6.45, 7) is 5.11. The van der Waals surface area contributed by atoms with E-state index in [-0.39, 0.29) is 25.2 Å². The molecule has 0 aliphatic carbocycles. The zero-order valence-electron chi connectivity index (χ0n) is 33.7. The third-order valence-corrected chi connectivity index (χ3v) is 9.50. The standard InChI is InChI=1S/C44H80NO5/c1-7-9-11-13-15-17-19-21-23-25-27-29-31-33-35-37-42(46)49-40-44(39-48-6,45(3,4)5)41-50-43(47)38-36-34-32-30-28-26-24-22-20-18-16-14-12-10-8-2/h15-18,21-24H,7-14,19-20,25-41H2,1-6H3/q+1/b17-15-,18-16-,23-21-,24-22-. The molecule has 0 fully saturated rings. The van der Waals surface area contributed by atoms with Gasteiger partial charge in [0.1, 0.15) is 6.61 Å². The Morgan fingerprint density at radius 3 is 1.16 bits per heavy atom. The van der Waals surface area contributed by atoms with Gasteiger partial charge >= 0.3 is 11.9 Å². The normalized spacial score (nSPS) is 12.7. The predicted octanol–water partition coefficient (Wildman–Crippen LogP) is 11.8. The fourth-order valence-corrected chi connectivity index (χ4v) is 5.71. The third-order valence-electron chi connectivity index (χ3n) is 9.50. The molecule has 0 radical (unpaired) electrons. The van der Waals surface area contributed by atoms with E-state index in [1.54, 1.807) is 7.11 Å². The molecule has 0 aromatic carbocycles. The minimum atomic E-state index is -0.670. The van der Waals surface area contributed by atoms with Gasteiger partial charge in [0.05, 0.1) is 21.1 Å². The number of esters is 2. The van der Waals surface area contributed by atoms with Crippen molar-refractivity contribution < 1.29 is 28.3 Å². The van der Waals surface area contributed by atoms with Crippen LogP contribution in [0.25, 0.3) is 0 Å². The number of carbonyl (C=O) groups is 2. The highest BCUT2D eigenvalue weighted by molar-refractivity contribution is 5.70. The average molecular weight is 703 g/mol. The first kappa shape index (κ1) is 47.8. The van der Waals surface area contributed by atoms with Crippen LogP contribution in [-0.4, -0.2) is 70.0 Å². The number of hydrogen-bond acceptors (Lipinski definition) is 5. The Kier molecular flexibility index (Phi) is 32.5. The summed E-state index contributed by atoms with van der Waals surface area (Å²) >= 11 is 0. The summed E-state index contributed by atoms with van der Waals surface area (Å²) in [7, 11) is 7.73. The maximum atomic E-state index is 12.7. The Hall–Kier alpha value is -2.18. The number of unbranched alkanes of at least 4 members (excludes halogenated alkanes) is 16. The van der Waals surface area contributed by atoms with E-state index in [0.717, 1.165) is 64.2 Å². The Balaban J connectivity index is 4.22. The van der Waals surface area contributed by atoms with Crippen molar-refractivity contribution in [3.05, 3.63) is 48.6 Å².